The highest BCUT2D eigenvalue weighted by atomic mass is 35.5. The Hall–Kier alpha value is -2.99. The topological polar surface area (TPSA) is 66.3 Å². The number of furan rings is 1. The smallest absolute Gasteiger partial charge is 0.319 e. The molecular weight excluding hydrogens is 469 g/mol. The molecule has 1 fully saturated rings. The van der Waals surface area contributed by atoms with E-state index >= 15 is 0 Å². The Labute approximate surface area is 208 Å². The van der Waals surface area contributed by atoms with E-state index in [0.717, 1.165) is 48.2 Å². The van der Waals surface area contributed by atoms with Gasteiger partial charge in [-0.1, -0.05) is 65.7 Å². The first-order valence-corrected chi connectivity index (χ1v) is 12.1. The Morgan fingerprint density at radius 1 is 0.941 bits per heavy atom. The number of anilines is 1. The fraction of sp³-hybridized carbons (Fsp3) is 0.222. The number of benzene rings is 3. The normalized spacial score (nSPS) is 15.2. The lowest BCUT2D eigenvalue weighted by Crippen LogP contribution is -2.48. The van der Waals surface area contributed by atoms with Crippen molar-refractivity contribution in [2.45, 2.75) is 18.3 Å². The molecule has 7 heteroatoms. The van der Waals surface area contributed by atoms with Crippen LogP contribution in [0.15, 0.2) is 77.2 Å². The average molecular weight is 494 g/mol. The predicted molar refractivity (Wildman–Crippen MR) is 139 cm³/mol. The number of fused-ring (bicyclic) bond motifs is 1. The van der Waals surface area contributed by atoms with Crippen LogP contribution in [0.3, 0.4) is 0 Å². The summed E-state index contributed by atoms with van der Waals surface area (Å²) in [5, 5.41) is 11.4. The van der Waals surface area contributed by atoms with Gasteiger partial charge in [0.2, 0.25) is 0 Å². The standard InChI is InChI=1S/C27H25Cl2N3O2/c28-21-14-22(29)16-23(15-21)32-26(33)31-17-27(9-11-30-12-10-27)20-7-5-18(6-8-20)25-13-19-3-1-2-4-24(19)34-25/h1-8,13-16,30H,9-12,17H2,(H2,31,32,33). The molecule has 2 heterocycles. The molecule has 3 aromatic carbocycles. The van der Waals surface area contributed by atoms with Crippen molar-refractivity contribution in [2.24, 2.45) is 0 Å². The van der Waals surface area contributed by atoms with E-state index in [2.05, 4.69) is 52.3 Å². The number of nitrogens with one attached hydrogen (secondary N) is 3. The van der Waals surface area contributed by atoms with E-state index in [1.807, 2.05) is 18.2 Å². The number of rotatable bonds is 5. The van der Waals surface area contributed by atoms with E-state index < -0.39 is 0 Å². The lowest BCUT2D eigenvalue weighted by Gasteiger charge is -2.38. The van der Waals surface area contributed by atoms with Gasteiger partial charge in [0.15, 0.2) is 0 Å². The number of hydrogen-bond donors (Lipinski definition) is 3. The Morgan fingerprint density at radius 3 is 2.35 bits per heavy atom. The van der Waals surface area contributed by atoms with Gasteiger partial charge in [-0.25, -0.2) is 4.79 Å². The first-order chi connectivity index (χ1) is 16.5. The molecule has 5 rings (SSSR count). The highest BCUT2D eigenvalue weighted by Crippen LogP contribution is 2.35. The molecule has 0 atom stereocenters. The molecule has 0 saturated carbocycles. The van der Waals surface area contributed by atoms with Crippen molar-refractivity contribution in [3.63, 3.8) is 0 Å². The van der Waals surface area contributed by atoms with Crippen LogP contribution in [0.2, 0.25) is 10.0 Å². The summed E-state index contributed by atoms with van der Waals surface area (Å²) >= 11 is 12.1. The van der Waals surface area contributed by atoms with Gasteiger partial charge in [-0.15, -0.1) is 0 Å². The Bertz CT molecular complexity index is 1260. The summed E-state index contributed by atoms with van der Waals surface area (Å²) in [6.45, 7) is 2.33. The molecule has 174 valence electrons. The third-order valence-corrected chi connectivity index (χ3v) is 6.91. The molecule has 1 aliphatic heterocycles. The van der Waals surface area contributed by atoms with Crippen LogP contribution in [0.5, 0.6) is 0 Å². The van der Waals surface area contributed by atoms with Crippen LogP contribution in [0.1, 0.15) is 18.4 Å². The molecule has 1 saturated heterocycles. The minimum absolute atomic E-state index is 0.152. The summed E-state index contributed by atoms with van der Waals surface area (Å²) in [7, 11) is 0. The summed E-state index contributed by atoms with van der Waals surface area (Å²) in [6, 6.07) is 23.3. The van der Waals surface area contributed by atoms with Crippen LogP contribution in [0, 0.1) is 0 Å². The Morgan fingerprint density at radius 2 is 1.65 bits per heavy atom. The van der Waals surface area contributed by atoms with Gasteiger partial charge in [0.05, 0.1) is 0 Å². The second-order valence-electron chi connectivity index (χ2n) is 8.72. The number of carbonyl (C=O) groups excluding carboxylic acids is 1. The molecule has 2 amide bonds. The van der Waals surface area contributed by atoms with Gasteiger partial charge in [-0.05, 0) is 61.8 Å². The molecule has 0 bridgehead atoms. The summed E-state index contributed by atoms with van der Waals surface area (Å²) < 4.78 is 6.02. The molecule has 1 aliphatic rings. The summed E-state index contributed by atoms with van der Waals surface area (Å²) in [4.78, 5) is 12.6. The number of halogens is 2. The first-order valence-electron chi connectivity index (χ1n) is 11.3. The summed E-state index contributed by atoms with van der Waals surface area (Å²) in [5.74, 6) is 0.852. The second kappa shape index (κ2) is 9.71. The maximum absolute atomic E-state index is 12.6. The zero-order valence-electron chi connectivity index (χ0n) is 18.5. The molecule has 3 N–H and O–H groups in total. The van der Waals surface area contributed by atoms with Gasteiger partial charge < -0.3 is 20.4 Å². The minimum Gasteiger partial charge on any atom is -0.456 e. The van der Waals surface area contributed by atoms with Crippen LogP contribution in [-0.4, -0.2) is 25.7 Å². The molecule has 0 unspecified atom stereocenters. The predicted octanol–water partition coefficient (Wildman–Crippen LogP) is 6.85. The van der Waals surface area contributed by atoms with E-state index in [1.54, 1.807) is 18.2 Å². The highest BCUT2D eigenvalue weighted by molar-refractivity contribution is 6.35. The molecule has 4 aromatic rings. The van der Waals surface area contributed by atoms with Crippen LogP contribution >= 0.6 is 23.2 Å². The fourth-order valence-corrected chi connectivity index (χ4v) is 5.16. The van der Waals surface area contributed by atoms with E-state index in [0.29, 0.717) is 22.3 Å². The van der Waals surface area contributed by atoms with Crippen molar-refractivity contribution < 1.29 is 9.21 Å². The van der Waals surface area contributed by atoms with E-state index in [4.69, 9.17) is 27.6 Å². The van der Waals surface area contributed by atoms with Crippen molar-refractivity contribution in [2.75, 3.05) is 25.0 Å². The molecular formula is C27H25Cl2N3O2. The number of carbonyl (C=O) groups is 1. The molecule has 0 spiro atoms. The highest BCUT2D eigenvalue weighted by Gasteiger charge is 2.34. The maximum Gasteiger partial charge on any atom is 0.319 e. The lowest BCUT2D eigenvalue weighted by molar-refractivity contribution is 0.242. The van der Waals surface area contributed by atoms with Crippen LogP contribution in [0.25, 0.3) is 22.3 Å². The van der Waals surface area contributed by atoms with E-state index in [9.17, 15) is 4.79 Å². The number of piperidine rings is 1. The van der Waals surface area contributed by atoms with E-state index in [1.165, 1.54) is 5.56 Å². The zero-order valence-corrected chi connectivity index (χ0v) is 20.0. The molecule has 0 radical (unpaired) electrons. The van der Waals surface area contributed by atoms with Crippen molar-refractivity contribution in [3.05, 3.63) is 88.4 Å². The third-order valence-electron chi connectivity index (χ3n) is 6.48. The number of hydrogen-bond acceptors (Lipinski definition) is 3. The van der Waals surface area contributed by atoms with Gasteiger partial charge in [-0.3, -0.25) is 0 Å². The Kier molecular flexibility index (Phi) is 6.50. The van der Waals surface area contributed by atoms with Crippen LogP contribution < -0.4 is 16.0 Å². The van der Waals surface area contributed by atoms with E-state index in [-0.39, 0.29) is 11.4 Å². The maximum atomic E-state index is 12.6. The largest absolute Gasteiger partial charge is 0.456 e. The zero-order chi connectivity index (χ0) is 23.5. The van der Waals surface area contributed by atoms with Gasteiger partial charge in [0.25, 0.3) is 0 Å². The first kappa shape index (κ1) is 22.8. The number of urea groups is 1. The fourth-order valence-electron chi connectivity index (χ4n) is 4.64. The second-order valence-corrected chi connectivity index (χ2v) is 9.59. The Balaban J connectivity index is 1.32. The quantitative estimate of drug-likeness (QED) is 0.284. The molecule has 5 nitrogen and oxygen atoms in total. The van der Waals surface area contributed by atoms with Crippen LogP contribution in [-0.2, 0) is 5.41 Å². The summed E-state index contributed by atoms with van der Waals surface area (Å²) in [5.41, 5.74) is 3.53. The van der Waals surface area contributed by atoms with Gasteiger partial charge >= 0.3 is 6.03 Å². The van der Waals surface area contributed by atoms with Crippen LogP contribution in [0.4, 0.5) is 10.5 Å². The SMILES string of the molecule is O=C(NCC1(c2ccc(-c3cc4ccccc4o3)cc2)CCNCC1)Nc1cc(Cl)cc(Cl)c1. The van der Waals surface area contributed by atoms with Crippen molar-refractivity contribution in [3.8, 4) is 11.3 Å². The third kappa shape index (κ3) is 4.92. The average Bonchev–Trinajstić information content (AvgIpc) is 3.27. The lowest BCUT2D eigenvalue weighted by atomic mass is 9.73. The molecule has 0 aliphatic carbocycles. The molecule has 1 aromatic heterocycles. The van der Waals surface area contributed by atoms with Gasteiger partial charge in [-0.2, -0.15) is 0 Å². The number of amides is 2. The molecule has 34 heavy (non-hydrogen) atoms. The monoisotopic (exact) mass is 493 g/mol. The van der Waals surface area contributed by atoms with Gasteiger partial charge in [0.1, 0.15) is 11.3 Å². The van der Waals surface area contributed by atoms with Crippen molar-refractivity contribution in [1.29, 1.82) is 0 Å². The van der Waals surface area contributed by atoms with Crippen molar-refractivity contribution >= 4 is 45.9 Å². The van der Waals surface area contributed by atoms with Gasteiger partial charge in [0, 0.05) is 38.6 Å². The van der Waals surface area contributed by atoms with Crippen molar-refractivity contribution in [1.82, 2.24) is 10.6 Å². The number of para-hydroxylation sites is 1. The summed E-state index contributed by atoms with van der Waals surface area (Å²) in [6.07, 6.45) is 1.86. The minimum atomic E-state index is -0.282.